The van der Waals surface area contributed by atoms with E-state index in [1.54, 1.807) is 24.3 Å². The van der Waals surface area contributed by atoms with Crippen molar-refractivity contribution in [1.82, 2.24) is 4.72 Å². The topological polar surface area (TPSA) is 132 Å². The minimum atomic E-state index is -3.56. The number of primary sulfonamides is 1. The second-order valence-corrected chi connectivity index (χ2v) is 7.94. The van der Waals surface area contributed by atoms with Crippen LogP contribution in [0.5, 0.6) is 0 Å². The molecule has 0 aliphatic heterocycles. The third-order valence-corrected chi connectivity index (χ3v) is 4.76. The molecule has 7 nitrogen and oxygen atoms in total. The van der Waals surface area contributed by atoms with E-state index in [-0.39, 0.29) is 24.5 Å². The van der Waals surface area contributed by atoms with Gasteiger partial charge in [0, 0.05) is 13.1 Å². The Morgan fingerprint density at radius 3 is 2.05 bits per heavy atom. The summed E-state index contributed by atoms with van der Waals surface area (Å²) in [5.41, 5.74) is 7.02. The highest BCUT2D eigenvalue weighted by atomic mass is 32.2. The Morgan fingerprint density at radius 1 is 1.00 bits per heavy atom. The van der Waals surface area contributed by atoms with Gasteiger partial charge in [0.25, 0.3) is 0 Å². The lowest BCUT2D eigenvalue weighted by Gasteiger charge is -2.07. The van der Waals surface area contributed by atoms with Gasteiger partial charge in [0.05, 0.1) is 11.5 Å². The van der Waals surface area contributed by atoms with Crippen LogP contribution in [0, 0.1) is 0 Å². The zero-order chi connectivity index (χ0) is 15.2. The molecule has 0 spiro atoms. The molecule has 114 valence electrons. The molecule has 0 fully saturated rings. The van der Waals surface area contributed by atoms with Crippen molar-refractivity contribution >= 4 is 20.0 Å². The fourth-order valence-corrected chi connectivity index (χ4v) is 3.28. The fraction of sp³-hybridized carbons (Fsp3) is 0.455. The van der Waals surface area contributed by atoms with Gasteiger partial charge < -0.3 is 5.73 Å². The first-order valence-corrected chi connectivity index (χ1v) is 9.34. The van der Waals surface area contributed by atoms with Gasteiger partial charge in [-0.3, -0.25) is 0 Å². The van der Waals surface area contributed by atoms with E-state index < -0.39 is 20.0 Å². The number of nitrogens with one attached hydrogen (secondary N) is 1. The monoisotopic (exact) mass is 321 g/mol. The van der Waals surface area contributed by atoms with Crippen LogP contribution in [0.2, 0.25) is 0 Å². The molecule has 5 N–H and O–H groups in total. The molecule has 1 aromatic carbocycles. The standard InChI is InChI=1S/C11H19N3O4S2/c12-8-10-2-4-11(5-3-10)9-20(17,18)14-6-1-7-19(13,15)16/h2-5,14H,1,6-9,12H2,(H2,13,15,16). The average Bonchev–Trinajstić information content (AvgIpc) is 2.34. The second-order valence-electron chi connectivity index (χ2n) is 4.39. The SMILES string of the molecule is NCc1ccc(CS(=O)(=O)NCCCS(N)(=O)=O)cc1. The quantitative estimate of drug-likeness (QED) is 0.542. The van der Waals surface area contributed by atoms with Crippen molar-refractivity contribution in [3.63, 3.8) is 0 Å². The third kappa shape index (κ3) is 6.96. The summed E-state index contributed by atoms with van der Waals surface area (Å²) in [5.74, 6) is -0.409. The number of sulfonamides is 2. The van der Waals surface area contributed by atoms with Crippen molar-refractivity contribution in [2.45, 2.75) is 18.7 Å². The molecule has 0 amide bonds. The molecule has 0 saturated heterocycles. The predicted molar refractivity (Wildman–Crippen MR) is 77.6 cm³/mol. The Labute approximate surface area is 119 Å². The Morgan fingerprint density at radius 2 is 1.55 bits per heavy atom. The second kappa shape index (κ2) is 7.14. The van der Waals surface area contributed by atoms with Crippen LogP contribution >= 0.6 is 0 Å². The van der Waals surface area contributed by atoms with Crippen molar-refractivity contribution in [3.8, 4) is 0 Å². The zero-order valence-corrected chi connectivity index (χ0v) is 12.6. The van der Waals surface area contributed by atoms with Crippen LogP contribution in [0.25, 0.3) is 0 Å². The van der Waals surface area contributed by atoms with Crippen LogP contribution in [-0.2, 0) is 32.3 Å². The summed E-state index contributed by atoms with van der Waals surface area (Å²) in [5, 5.41) is 4.82. The summed E-state index contributed by atoms with van der Waals surface area (Å²) in [6.07, 6.45) is 0.143. The van der Waals surface area contributed by atoms with Gasteiger partial charge >= 0.3 is 0 Å². The molecule has 0 aliphatic carbocycles. The summed E-state index contributed by atoms with van der Waals surface area (Å²) in [6, 6.07) is 6.94. The van der Waals surface area contributed by atoms with Crippen molar-refractivity contribution in [1.29, 1.82) is 0 Å². The summed E-state index contributed by atoms with van der Waals surface area (Å²) >= 11 is 0. The van der Waals surface area contributed by atoms with Gasteiger partial charge in [0.15, 0.2) is 0 Å². The van der Waals surface area contributed by atoms with E-state index in [1.165, 1.54) is 0 Å². The molecule has 0 saturated carbocycles. The van der Waals surface area contributed by atoms with Gasteiger partial charge in [0.2, 0.25) is 20.0 Å². The van der Waals surface area contributed by atoms with Gasteiger partial charge in [-0.25, -0.2) is 26.7 Å². The molecule has 20 heavy (non-hydrogen) atoms. The van der Waals surface area contributed by atoms with Gasteiger partial charge in [-0.15, -0.1) is 0 Å². The maximum absolute atomic E-state index is 11.8. The van der Waals surface area contributed by atoms with E-state index >= 15 is 0 Å². The van der Waals surface area contributed by atoms with Crippen LogP contribution < -0.4 is 15.6 Å². The van der Waals surface area contributed by atoms with E-state index in [0.717, 1.165) is 5.56 Å². The minimum absolute atomic E-state index is 0.0413. The predicted octanol–water partition coefficient (Wildman–Crippen LogP) is -0.757. The summed E-state index contributed by atoms with van der Waals surface area (Å²) in [4.78, 5) is 0. The molecule has 0 aliphatic rings. The lowest BCUT2D eigenvalue weighted by molar-refractivity contribution is 0.576. The van der Waals surface area contributed by atoms with E-state index in [4.69, 9.17) is 10.9 Å². The first-order chi connectivity index (χ1) is 9.22. The Kier molecular flexibility index (Phi) is 6.08. The van der Waals surface area contributed by atoms with Crippen molar-refractivity contribution in [3.05, 3.63) is 35.4 Å². The number of benzene rings is 1. The van der Waals surface area contributed by atoms with Gasteiger partial charge in [0.1, 0.15) is 0 Å². The fourth-order valence-electron chi connectivity index (χ4n) is 1.54. The van der Waals surface area contributed by atoms with Crippen molar-refractivity contribution in [2.24, 2.45) is 10.9 Å². The lowest BCUT2D eigenvalue weighted by Crippen LogP contribution is -2.28. The number of rotatable bonds is 8. The van der Waals surface area contributed by atoms with Crippen LogP contribution in [0.4, 0.5) is 0 Å². The molecule has 0 heterocycles. The van der Waals surface area contributed by atoms with E-state index in [1.807, 2.05) is 0 Å². The van der Waals surface area contributed by atoms with E-state index in [2.05, 4.69) is 4.72 Å². The van der Waals surface area contributed by atoms with Crippen molar-refractivity contribution in [2.75, 3.05) is 12.3 Å². The highest BCUT2D eigenvalue weighted by molar-refractivity contribution is 7.89. The first kappa shape index (κ1) is 17.1. The highest BCUT2D eigenvalue weighted by Crippen LogP contribution is 2.07. The van der Waals surface area contributed by atoms with Gasteiger partial charge in [-0.05, 0) is 17.5 Å². The summed E-state index contributed by atoms with van der Waals surface area (Å²) in [7, 11) is -7.04. The molecule has 9 heteroatoms. The number of hydrogen-bond donors (Lipinski definition) is 3. The highest BCUT2D eigenvalue weighted by Gasteiger charge is 2.11. The Balaban J connectivity index is 2.48. The van der Waals surface area contributed by atoms with Crippen LogP contribution in [0.3, 0.4) is 0 Å². The van der Waals surface area contributed by atoms with Gasteiger partial charge in [-0.2, -0.15) is 0 Å². The first-order valence-electron chi connectivity index (χ1n) is 5.97. The summed E-state index contributed by atoms with van der Waals surface area (Å²) in [6.45, 7) is 0.443. The smallest absolute Gasteiger partial charge is 0.215 e. The van der Waals surface area contributed by atoms with E-state index in [9.17, 15) is 16.8 Å². The molecule has 0 bridgehead atoms. The molecule has 1 aromatic rings. The maximum Gasteiger partial charge on any atom is 0.215 e. The van der Waals surface area contributed by atoms with E-state index in [0.29, 0.717) is 12.1 Å². The average molecular weight is 321 g/mol. The Bertz CT molecular complexity index is 624. The largest absolute Gasteiger partial charge is 0.326 e. The molecule has 0 unspecified atom stereocenters. The molecule has 0 radical (unpaired) electrons. The third-order valence-electron chi connectivity index (χ3n) is 2.54. The molecule has 0 atom stereocenters. The Hall–Kier alpha value is -1.00. The zero-order valence-electron chi connectivity index (χ0n) is 10.9. The van der Waals surface area contributed by atoms with Crippen LogP contribution in [0.1, 0.15) is 17.5 Å². The molecular weight excluding hydrogens is 302 g/mol. The molecular formula is C11H19N3O4S2. The van der Waals surface area contributed by atoms with Gasteiger partial charge in [-0.1, -0.05) is 24.3 Å². The molecule has 0 aromatic heterocycles. The van der Waals surface area contributed by atoms with Crippen molar-refractivity contribution < 1.29 is 16.8 Å². The number of hydrogen-bond acceptors (Lipinski definition) is 5. The number of nitrogens with two attached hydrogens (primary N) is 2. The lowest BCUT2D eigenvalue weighted by atomic mass is 10.1. The maximum atomic E-state index is 11.8. The normalized spacial score (nSPS) is 12.5. The van der Waals surface area contributed by atoms with Crippen LogP contribution in [0.15, 0.2) is 24.3 Å². The molecule has 1 rings (SSSR count). The van der Waals surface area contributed by atoms with Crippen LogP contribution in [-0.4, -0.2) is 29.1 Å². The minimum Gasteiger partial charge on any atom is -0.326 e. The summed E-state index contributed by atoms with van der Waals surface area (Å²) < 4.78 is 47.3.